The zero-order valence-corrected chi connectivity index (χ0v) is 17.7. The first-order valence-corrected chi connectivity index (χ1v) is 11.0. The highest BCUT2D eigenvalue weighted by atomic mass is 32.1. The van der Waals surface area contributed by atoms with E-state index in [-0.39, 0.29) is 18.0 Å². The second kappa shape index (κ2) is 7.96. The van der Waals surface area contributed by atoms with Gasteiger partial charge in [-0.1, -0.05) is 17.3 Å². The van der Waals surface area contributed by atoms with Crippen LogP contribution in [0.15, 0.2) is 57.2 Å². The van der Waals surface area contributed by atoms with Gasteiger partial charge in [-0.3, -0.25) is 9.59 Å². The van der Waals surface area contributed by atoms with Gasteiger partial charge in [0.15, 0.2) is 5.76 Å². The Morgan fingerprint density at radius 2 is 2.06 bits per heavy atom. The molecule has 0 spiro atoms. The summed E-state index contributed by atoms with van der Waals surface area (Å²) in [4.78, 5) is 26.3. The first kappa shape index (κ1) is 19.4. The van der Waals surface area contributed by atoms with Gasteiger partial charge >= 0.3 is 0 Å². The number of fused-ring (bicyclic) bond motifs is 1. The highest BCUT2D eigenvalue weighted by Crippen LogP contribution is 2.32. The molecule has 0 fully saturated rings. The Labute approximate surface area is 182 Å². The molecule has 7 nitrogen and oxygen atoms in total. The summed E-state index contributed by atoms with van der Waals surface area (Å²) in [6.07, 6.45) is 3.27. The average Bonchev–Trinajstić information content (AvgIpc) is 3.50. The van der Waals surface area contributed by atoms with E-state index in [2.05, 4.69) is 21.6 Å². The lowest BCUT2D eigenvalue weighted by Gasteiger charge is -2.11. The van der Waals surface area contributed by atoms with Crippen molar-refractivity contribution in [1.29, 1.82) is 0 Å². The highest BCUT2D eigenvalue weighted by molar-refractivity contribution is 7.13. The normalized spacial score (nSPS) is 12.7. The third-order valence-electron chi connectivity index (χ3n) is 5.32. The molecule has 0 saturated carbocycles. The summed E-state index contributed by atoms with van der Waals surface area (Å²) in [6.45, 7) is 1.64. The highest BCUT2D eigenvalue weighted by Gasteiger charge is 2.18. The number of carbonyl (C=O) groups excluding carboxylic acids is 1. The van der Waals surface area contributed by atoms with Crippen LogP contribution in [0.25, 0.3) is 21.9 Å². The largest absolute Gasteiger partial charge is 0.356 e. The summed E-state index contributed by atoms with van der Waals surface area (Å²) in [7, 11) is 0. The van der Waals surface area contributed by atoms with Gasteiger partial charge in [0.25, 0.3) is 5.56 Å². The number of hydrogen-bond donors (Lipinski definition) is 1. The molecular formula is C23H20N4O3S. The number of amides is 1. The Morgan fingerprint density at radius 1 is 1.19 bits per heavy atom. The molecule has 1 amide bonds. The number of thiophene rings is 1. The summed E-state index contributed by atoms with van der Waals surface area (Å²) in [5.41, 5.74) is 4.83. The van der Waals surface area contributed by atoms with Gasteiger partial charge in [0, 0.05) is 17.8 Å². The molecule has 3 heterocycles. The molecule has 0 saturated heterocycles. The molecule has 1 aromatic carbocycles. The van der Waals surface area contributed by atoms with E-state index in [0.29, 0.717) is 22.7 Å². The quantitative estimate of drug-likeness (QED) is 0.514. The molecule has 31 heavy (non-hydrogen) atoms. The minimum Gasteiger partial charge on any atom is -0.356 e. The number of rotatable bonds is 5. The fourth-order valence-electron chi connectivity index (χ4n) is 3.86. The maximum Gasteiger partial charge on any atom is 0.268 e. The molecule has 0 atom stereocenters. The number of benzene rings is 1. The predicted octanol–water partition coefficient (Wildman–Crippen LogP) is 4.06. The first-order chi connectivity index (χ1) is 15.1. The summed E-state index contributed by atoms with van der Waals surface area (Å²) in [5, 5.41) is 13.2. The monoisotopic (exact) mass is 432 g/mol. The molecule has 0 aliphatic heterocycles. The van der Waals surface area contributed by atoms with E-state index < -0.39 is 0 Å². The Morgan fingerprint density at radius 3 is 2.84 bits per heavy atom. The number of hydrogen-bond acceptors (Lipinski definition) is 6. The predicted molar refractivity (Wildman–Crippen MR) is 119 cm³/mol. The van der Waals surface area contributed by atoms with Gasteiger partial charge in [0.05, 0.1) is 16.1 Å². The van der Waals surface area contributed by atoms with Crippen molar-refractivity contribution in [2.24, 2.45) is 0 Å². The van der Waals surface area contributed by atoms with E-state index in [9.17, 15) is 9.59 Å². The average molecular weight is 433 g/mol. The summed E-state index contributed by atoms with van der Waals surface area (Å²) in [5.74, 6) is 0.174. The van der Waals surface area contributed by atoms with Crippen LogP contribution in [0.3, 0.4) is 0 Å². The van der Waals surface area contributed by atoms with Crippen LogP contribution >= 0.6 is 11.3 Å². The van der Waals surface area contributed by atoms with Crippen molar-refractivity contribution in [3.05, 3.63) is 75.0 Å². The molecule has 0 unspecified atom stereocenters. The lowest BCUT2D eigenvalue weighted by Crippen LogP contribution is -2.29. The maximum atomic E-state index is 12.7. The van der Waals surface area contributed by atoms with Crippen LogP contribution in [0.5, 0.6) is 0 Å². The van der Waals surface area contributed by atoms with E-state index in [0.717, 1.165) is 29.8 Å². The van der Waals surface area contributed by atoms with Crippen molar-refractivity contribution in [1.82, 2.24) is 14.9 Å². The summed E-state index contributed by atoms with van der Waals surface area (Å²) in [6, 6.07) is 13.0. The Kier molecular flexibility index (Phi) is 4.99. The Bertz CT molecular complexity index is 1320. The smallest absolute Gasteiger partial charge is 0.268 e. The third-order valence-corrected chi connectivity index (χ3v) is 6.20. The number of nitrogens with one attached hydrogen (secondary N) is 1. The van der Waals surface area contributed by atoms with Crippen LogP contribution in [0.4, 0.5) is 5.69 Å². The fourth-order valence-corrected chi connectivity index (χ4v) is 4.59. The zero-order chi connectivity index (χ0) is 21.4. The van der Waals surface area contributed by atoms with Crippen molar-refractivity contribution in [3.63, 3.8) is 0 Å². The fraction of sp³-hybridized carbons (Fsp3) is 0.217. The maximum absolute atomic E-state index is 12.7. The van der Waals surface area contributed by atoms with Crippen LogP contribution < -0.4 is 10.9 Å². The van der Waals surface area contributed by atoms with E-state index in [4.69, 9.17) is 4.52 Å². The minimum absolute atomic E-state index is 0.177. The van der Waals surface area contributed by atoms with Crippen LogP contribution in [0.1, 0.15) is 23.2 Å². The van der Waals surface area contributed by atoms with Crippen LogP contribution in [-0.4, -0.2) is 20.8 Å². The first-order valence-electron chi connectivity index (χ1n) is 10.1. The molecule has 0 radical (unpaired) electrons. The third kappa shape index (κ3) is 3.94. The Balaban J connectivity index is 1.44. The number of nitrogens with zero attached hydrogens (tertiary/aromatic N) is 3. The minimum atomic E-state index is -0.381. The number of aromatic nitrogens is 3. The van der Waals surface area contributed by atoms with Crippen LogP contribution in [0, 0.1) is 6.92 Å². The molecule has 8 heteroatoms. The Hall–Kier alpha value is -3.52. The van der Waals surface area contributed by atoms with Crippen molar-refractivity contribution in [2.75, 3.05) is 5.32 Å². The van der Waals surface area contributed by atoms with E-state index in [1.165, 1.54) is 33.2 Å². The summed E-state index contributed by atoms with van der Waals surface area (Å²) < 4.78 is 6.55. The van der Waals surface area contributed by atoms with E-state index in [1.54, 1.807) is 6.07 Å². The standard InChI is InChI=1S/C23H20N4O3S/c1-14-10-19(30-26-14)18-12-22(29)27(25-23(18)20-6-3-9-31-20)13-21(28)24-17-8-7-15-4-2-5-16(15)11-17/h3,6-12H,2,4-5,13H2,1H3,(H,24,28). The van der Waals surface area contributed by atoms with Gasteiger partial charge in [-0.2, -0.15) is 5.10 Å². The number of anilines is 1. The van der Waals surface area contributed by atoms with Crippen molar-refractivity contribution >= 4 is 22.9 Å². The zero-order valence-electron chi connectivity index (χ0n) is 16.9. The second-order valence-corrected chi connectivity index (χ2v) is 8.55. The van der Waals surface area contributed by atoms with Crippen LogP contribution in [0.2, 0.25) is 0 Å². The van der Waals surface area contributed by atoms with E-state index >= 15 is 0 Å². The molecule has 0 bridgehead atoms. The molecular weight excluding hydrogens is 412 g/mol. The SMILES string of the molecule is Cc1cc(-c2cc(=O)n(CC(=O)Nc3ccc4c(c3)CCC4)nc2-c2cccs2)on1. The van der Waals surface area contributed by atoms with Gasteiger partial charge in [-0.15, -0.1) is 11.3 Å². The molecule has 1 aliphatic carbocycles. The molecule has 4 aromatic rings. The molecule has 156 valence electrons. The lowest BCUT2D eigenvalue weighted by atomic mass is 10.1. The van der Waals surface area contributed by atoms with Crippen molar-refractivity contribution in [3.8, 4) is 21.9 Å². The van der Waals surface area contributed by atoms with Gasteiger partial charge < -0.3 is 9.84 Å². The van der Waals surface area contributed by atoms with Gasteiger partial charge in [-0.25, -0.2) is 4.68 Å². The molecule has 5 rings (SSSR count). The lowest BCUT2D eigenvalue weighted by molar-refractivity contribution is -0.117. The van der Waals surface area contributed by atoms with Gasteiger partial charge in [-0.05, 0) is 60.9 Å². The van der Waals surface area contributed by atoms with Gasteiger partial charge in [0.1, 0.15) is 12.2 Å². The molecule has 1 N–H and O–H groups in total. The summed E-state index contributed by atoms with van der Waals surface area (Å²) >= 11 is 1.50. The van der Waals surface area contributed by atoms with Crippen molar-refractivity contribution in [2.45, 2.75) is 32.7 Å². The van der Waals surface area contributed by atoms with E-state index in [1.807, 2.05) is 36.6 Å². The topological polar surface area (TPSA) is 90.0 Å². The molecule has 1 aliphatic rings. The van der Waals surface area contributed by atoms with Gasteiger partial charge in [0.2, 0.25) is 5.91 Å². The number of aryl methyl sites for hydroxylation is 3. The number of carbonyl (C=O) groups is 1. The molecule has 3 aromatic heterocycles. The van der Waals surface area contributed by atoms with Crippen LogP contribution in [-0.2, 0) is 24.2 Å². The van der Waals surface area contributed by atoms with Crippen molar-refractivity contribution < 1.29 is 9.32 Å². The second-order valence-electron chi connectivity index (χ2n) is 7.60.